The maximum absolute atomic E-state index is 13.2. The van der Waals surface area contributed by atoms with Gasteiger partial charge in [0, 0.05) is 24.2 Å². The van der Waals surface area contributed by atoms with Crippen LogP contribution < -0.4 is 0 Å². The molecule has 8 atom stereocenters. The summed E-state index contributed by atoms with van der Waals surface area (Å²) in [5.74, 6) is -0.490. The lowest BCUT2D eigenvalue weighted by Crippen LogP contribution is -2.61. The predicted octanol–water partition coefficient (Wildman–Crippen LogP) is 3.09. The van der Waals surface area contributed by atoms with E-state index in [1.165, 1.54) is 0 Å². The highest BCUT2D eigenvalue weighted by molar-refractivity contribution is 5.98. The molecule has 0 bridgehead atoms. The van der Waals surface area contributed by atoms with Crippen LogP contribution >= 0.6 is 0 Å². The smallest absolute Gasteiger partial charge is 0.159 e. The Morgan fingerprint density at radius 2 is 1.73 bits per heavy atom. The van der Waals surface area contributed by atoms with Crippen LogP contribution in [-0.4, -0.2) is 54.9 Å². The second-order valence-corrected chi connectivity index (χ2v) is 12.9. The molecule has 0 aromatic heterocycles. The summed E-state index contributed by atoms with van der Waals surface area (Å²) in [5.41, 5.74) is -3.79. The maximum atomic E-state index is 13.2. The fourth-order valence-electron chi connectivity index (χ4n) is 8.09. The van der Waals surface area contributed by atoms with Crippen LogP contribution in [0.25, 0.3) is 0 Å². The van der Waals surface area contributed by atoms with Crippen LogP contribution in [0.15, 0.2) is 11.6 Å². The molecule has 0 unspecified atom stereocenters. The van der Waals surface area contributed by atoms with Crippen molar-refractivity contribution in [1.82, 2.24) is 0 Å². The number of aliphatic hydroxyl groups excluding tert-OH is 1. The van der Waals surface area contributed by atoms with E-state index in [4.69, 9.17) is 0 Å². The minimum absolute atomic E-state index is 0.0464. The Labute approximate surface area is 197 Å². The van der Waals surface area contributed by atoms with E-state index >= 15 is 0 Å². The summed E-state index contributed by atoms with van der Waals surface area (Å²) in [6, 6.07) is 0. The number of fused-ring (bicyclic) bond motifs is 5. The Hall–Kier alpha value is -1.08. The third-order valence-electron chi connectivity index (χ3n) is 10.3. The largest absolute Gasteiger partial charge is 0.390 e. The quantitative estimate of drug-likeness (QED) is 0.499. The highest BCUT2D eigenvalue weighted by atomic mass is 16.3. The van der Waals surface area contributed by atoms with Crippen LogP contribution in [-0.2, 0) is 9.59 Å². The number of hydrogen-bond acceptors (Lipinski definition) is 6. The highest BCUT2D eigenvalue weighted by Gasteiger charge is 2.68. The van der Waals surface area contributed by atoms with Gasteiger partial charge < -0.3 is 20.4 Å². The third-order valence-corrected chi connectivity index (χ3v) is 10.3. The molecule has 0 aromatic carbocycles. The van der Waals surface area contributed by atoms with Gasteiger partial charge in [0.05, 0.1) is 22.9 Å². The fraction of sp³-hybridized carbons (Fsp3) is 0.852. The molecular formula is C27H42O6. The minimum Gasteiger partial charge on any atom is -0.390 e. The van der Waals surface area contributed by atoms with Crippen LogP contribution in [0.2, 0.25) is 0 Å². The molecule has 4 aliphatic carbocycles. The van der Waals surface area contributed by atoms with Gasteiger partial charge in [-0.25, -0.2) is 0 Å². The van der Waals surface area contributed by atoms with E-state index in [1.54, 1.807) is 26.8 Å². The standard InChI is InChI=1S/C27H42O6/c1-23(2,31)10-9-22(30)26(5,32)21-8-13-27(33)18-15-20(29)19-14-16(28)6-11-24(19,3)17(18)7-12-25(21,27)4/h15,17,19,21-22,30-33H,6-14H2,1-5H3/t17-,19-,21-,22+,24+,25+,26+,27+/m0/s1. The summed E-state index contributed by atoms with van der Waals surface area (Å²) >= 11 is 0. The van der Waals surface area contributed by atoms with Gasteiger partial charge in [0.1, 0.15) is 5.78 Å². The van der Waals surface area contributed by atoms with Crippen LogP contribution in [0, 0.1) is 28.6 Å². The Morgan fingerprint density at radius 1 is 1.06 bits per heavy atom. The molecule has 0 aromatic rings. The van der Waals surface area contributed by atoms with Crippen molar-refractivity contribution >= 4 is 11.6 Å². The van der Waals surface area contributed by atoms with Crippen LogP contribution in [0.4, 0.5) is 0 Å². The third kappa shape index (κ3) is 3.67. The van der Waals surface area contributed by atoms with E-state index in [9.17, 15) is 30.0 Å². The van der Waals surface area contributed by atoms with Crippen molar-refractivity contribution in [2.75, 3.05) is 0 Å². The lowest BCUT2D eigenvalue weighted by molar-refractivity contribution is -0.172. The first-order valence-electron chi connectivity index (χ1n) is 12.7. The number of allylic oxidation sites excluding steroid dienone is 1. The Kier molecular flexibility index (Phi) is 5.85. The Balaban J connectivity index is 1.66. The molecular weight excluding hydrogens is 420 g/mol. The molecule has 6 heteroatoms. The normalized spacial score (nSPS) is 43.8. The van der Waals surface area contributed by atoms with Crippen molar-refractivity contribution in [1.29, 1.82) is 0 Å². The SMILES string of the molecule is CC(C)(O)CC[C@@H](O)[C@](C)(O)[C@H]1CC[C@@]2(O)C3=CC(=O)[C@@H]4CC(=O)CC[C@]4(C)[C@H]3CC[C@]12C. The van der Waals surface area contributed by atoms with E-state index < -0.39 is 28.3 Å². The zero-order chi connectivity index (χ0) is 24.6. The monoisotopic (exact) mass is 462 g/mol. The van der Waals surface area contributed by atoms with Crippen LogP contribution in [0.3, 0.4) is 0 Å². The van der Waals surface area contributed by atoms with E-state index in [0.717, 1.165) is 12.0 Å². The maximum Gasteiger partial charge on any atom is 0.159 e. The zero-order valence-corrected chi connectivity index (χ0v) is 20.9. The summed E-state index contributed by atoms with van der Waals surface area (Å²) < 4.78 is 0. The predicted molar refractivity (Wildman–Crippen MR) is 124 cm³/mol. The van der Waals surface area contributed by atoms with E-state index in [0.29, 0.717) is 44.9 Å². The van der Waals surface area contributed by atoms with Gasteiger partial charge in [-0.2, -0.15) is 0 Å². The molecule has 0 radical (unpaired) electrons. The molecule has 33 heavy (non-hydrogen) atoms. The summed E-state index contributed by atoms with van der Waals surface area (Å²) in [6.07, 6.45) is 5.18. The molecule has 4 aliphatic rings. The summed E-state index contributed by atoms with van der Waals surface area (Å²) in [7, 11) is 0. The second-order valence-electron chi connectivity index (χ2n) is 12.9. The second kappa shape index (κ2) is 7.71. The average molecular weight is 463 g/mol. The number of rotatable bonds is 5. The molecule has 0 saturated heterocycles. The molecule has 0 aliphatic heterocycles. The number of carbonyl (C=O) groups excluding carboxylic acids is 2. The molecule has 3 fully saturated rings. The van der Waals surface area contributed by atoms with Gasteiger partial charge in [-0.05, 0) is 94.6 Å². The topological polar surface area (TPSA) is 115 Å². The lowest BCUT2D eigenvalue weighted by Gasteiger charge is -2.60. The molecule has 3 saturated carbocycles. The number of Topliss-reactive ketones (excluding diaryl/α,β-unsaturated/α-hetero) is 1. The molecule has 4 N–H and O–H groups in total. The summed E-state index contributed by atoms with van der Waals surface area (Å²) in [5, 5.41) is 44.8. The summed E-state index contributed by atoms with van der Waals surface area (Å²) in [4.78, 5) is 25.3. The fourth-order valence-corrected chi connectivity index (χ4v) is 8.09. The number of carbonyl (C=O) groups is 2. The zero-order valence-electron chi connectivity index (χ0n) is 20.9. The highest BCUT2D eigenvalue weighted by Crippen LogP contribution is 2.68. The first-order chi connectivity index (χ1) is 15.1. The first-order valence-corrected chi connectivity index (χ1v) is 12.7. The van der Waals surface area contributed by atoms with Crippen LogP contribution in [0.1, 0.15) is 92.4 Å². The van der Waals surface area contributed by atoms with Gasteiger partial charge in [0.15, 0.2) is 5.78 Å². The summed E-state index contributed by atoms with van der Waals surface area (Å²) in [6.45, 7) is 9.15. The van der Waals surface area contributed by atoms with Gasteiger partial charge in [-0.15, -0.1) is 0 Å². The van der Waals surface area contributed by atoms with Gasteiger partial charge >= 0.3 is 0 Å². The van der Waals surface area contributed by atoms with Crippen molar-refractivity contribution < 1.29 is 30.0 Å². The van der Waals surface area contributed by atoms with E-state index in [-0.39, 0.29) is 41.2 Å². The van der Waals surface area contributed by atoms with Gasteiger partial charge in [-0.3, -0.25) is 9.59 Å². The average Bonchev–Trinajstić information content (AvgIpc) is 2.99. The molecule has 0 amide bonds. The Bertz CT molecular complexity index is 868. The number of aliphatic hydroxyl groups is 4. The van der Waals surface area contributed by atoms with Crippen LogP contribution in [0.5, 0.6) is 0 Å². The van der Waals surface area contributed by atoms with Gasteiger partial charge in [0.2, 0.25) is 0 Å². The van der Waals surface area contributed by atoms with Crippen molar-refractivity contribution in [2.24, 2.45) is 28.6 Å². The molecule has 4 rings (SSSR count). The van der Waals surface area contributed by atoms with E-state index in [2.05, 4.69) is 6.92 Å². The van der Waals surface area contributed by atoms with Crippen molar-refractivity contribution in [3.05, 3.63) is 11.6 Å². The van der Waals surface area contributed by atoms with E-state index in [1.807, 2.05) is 6.92 Å². The molecule has 0 heterocycles. The Morgan fingerprint density at radius 3 is 2.36 bits per heavy atom. The molecule has 0 spiro atoms. The number of ketones is 2. The van der Waals surface area contributed by atoms with Gasteiger partial charge in [0.25, 0.3) is 0 Å². The minimum atomic E-state index is -1.43. The van der Waals surface area contributed by atoms with Gasteiger partial charge in [-0.1, -0.05) is 13.8 Å². The van der Waals surface area contributed by atoms with Crippen molar-refractivity contribution in [3.63, 3.8) is 0 Å². The molecule has 186 valence electrons. The lowest BCUT2D eigenvalue weighted by atomic mass is 9.46. The van der Waals surface area contributed by atoms with Crippen molar-refractivity contribution in [3.8, 4) is 0 Å². The number of hydrogen-bond donors (Lipinski definition) is 4. The van der Waals surface area contributed by atoms with Crippen molar-refractivity contribution in [2.45, 2.75) is 115 Å². The molecule has 6 nitrogen and oxygen atoms in total. The first kappa shape index (κ1) is 25.0.